The van der Waals surface area contributed by atoms with Crippen molar-refractivity contribution in [2.45, 2.75) is 8.13 Å². The van der Waals surface area contributed by atoms with Gasteiger partial charge in [0.1, 0.15) is 11.4 Å². The molecule has 0 aliphatic rings. The third-order valence-corrected chi connectivity index (χ3v) is 5.53. The fourth-order valence-electron chi connectivity index (χ4n) is 2.03. The van der Waals surface area contributed by atoms with Crippen molar-refractivity contribution in [3.63, 3.8) is 0 Å². The van der Waals surface area contributed by atoms with Crippen LogP contribution in [0.2, 0.25) is 0 Å². The Balaban J connectivity index is 2.24. The lowest BCUT2D eigenvalue weighted by molar-refractivity contribution is 0.236. The molecule has 130 valence electrons. The van der Waals surface area contributed by atoms with Crippen LogP contribution in [0.25, 0.3) is 11.3 Å². The van der Waals surface area contributed by atoms with E-state index in [9.17, 15) is 4.79 Å². The molecule has 25 heavy (non-hydrogen) atoms. The Labute approximate surface area is 166 Å². The molecule has 3 rings (SSSR count). The van der Waals surface area contributed by atoms with Gasteiger partial charge in [0.2, 0.25) is 8.13 Å². The summed E-state index contributed by atoms with van der Waals surface area (Å²) in [4.78, 5) is 12.6. The number of hydrogen-bond donors (Lipinski definition) is 0. The summed E-state index contributed by atoms with van der Waals surface area (Å²) in [6.07, 6.45) is 2.63. The number of aromatic nitrogens is 6. The second-order valence-electron chi connectivity index (χ2n) is 4.77. The van der Waals surface area contributed by atoms with Crippen LogP contribution in [-0.4, -0.2) is 39.8 Å². The van der Waals surface area contributed by atoms with E-state index in [-0.39, 0.29) is 11.4 Å². The van der Waals surface area contributed by atoms with Crippen LogP contribution in [0.1, 0.15) is 5.69 Å². The summed E-state index contributed by atoms with van der Waals surface area (Å²) in [5.41, 5.74) is 0.656. The molecule has 7 nitrogen and oxygen atoms in total. The summed E-state index contributed by atoms with van der Waals surface area (Å²) < 4.78 is -2.58. The highest BCUT2D eigenvalue weighted by atomic mass is 35.6. The molecule has 3 aromatic rings. The van der Waals surface area contributed by atoms with Crippen LogP contribution in [0.5, 0.6) is 0 Å². The van der Waals surface area contributed by atoms with Crippen molar-refractivity contribution in [2.75, 3.05) is 0 Å². The second-order valence-corrected chi connectivity index (χ2v) is 8.38. The number of nitrogens with zero attached hydrogens (tertiary/aromatic N) is 6. The maximum absolute atomic E-state index is 12.6. The lowest BCUT2D eigenvalue weighted by Gasteiger charge is -2.27. The van der Waals surface area contributed by atoms with Crippen molar-refractivity contribution in [3.05, 3.63) is 48.4 Å². The van der Waals surface area contributed by atoms with Gasteiger partial charge in [-0.05, 0) is 0 Å². The molecule has 0 atom stereocenters. The van der Waals surface area contributed by atoms with E-state index in [4.69, 9.17) is 58.0 Å². The van der Waals surface area contributed by atoms with Crippen LogP contribution in [0.3, 0.4) is 0 Å². The molecule has 0 aliphatic heterocycles. The van der Waals surface area contributed by atoms with Gasteiger partial charge in [-0.2, -0.15) is 9.36 Å². The average molecular weight is 441 g/mol. The normalized spacial score (nSPS) is 12.4. The fraction of sp³-hybridized carbons (Fsp3) is 0.154. The summed E-state index contributed by atoms with van der Waals surface area (Å²) in [5.74, 6) is 0. The third-order valence-electron chi connectivity index (χ3n) is 3.17. The monoisotopic (exact) mass is 438 g/mol. The van der Waals surface area contributed by atoms with Gasteiger partial charge in [-0.15, -0.1) is 10.2 Å². The zero-order valence-corrected chi connectivity index (χ0v) is 15.8. The van der Waals surface area contributed by atoms with Crippen molar-refractivity contribution in [1.29, 1.82) is 0 Å². The number of hydrogen-bond acceptors (Lipinski definition) is 5. The first kappa shape index (κ1) is 18.4. The molecular formula is C13H7Cl5N6O. The molecule has 0 spiro atoms. The zero-order valence-electron chi connectivity index (χ0n) is 12.0. The van der Waals surface area contributed by atoms with Crippen LogP contribution in [0, 0.1) is 0 Å². The Kier molecular flexibility index (Phi) is 4.96. The summed E-state index contributed by atoms with van der Waals surface area (Å²) in [5, 5.41) is 15.0. The molecular weight excluding hydrogens is 433 g/mol. The number of benzene rings is 1. The first-order valence-corrected chi connectivity index (χ1v) is 8.49. The zero-order chi connectivity index (χ0) is 18.2. The molecule has 0 N–H and O–H groups in total. The molecule has 2 aromatic heterocycles. The highest BCUT2D eigenvalue weighted by molar-refractivity contribution is 6.75. The van der Waals surface area contributed by atoms with E-state index in [0.29, 0.717) is 5.56 Å². The van der Waals surface area contributed by atoms with Gasteiger partial charge in [0.15, 0.2) is 0 Å². The summed E-state index contributed by atoms with van der Waals surface area (Å²) >= 11 is 30.4. The number of carbonyl (C=O) groups is 1. The number of halogens is 5. The van der Waals surface area contributed by atoms with Gasteiger partial charge in [0.05, 0.1) is 12.4 Å². The third kappa shape index (κ3) is 3.35. The van der Waals surface area contributed by atoms with E-state index in [1.54, 1.807) is 30.3 Å². The SMILES string of the molecule is O=C(n1ccnn1)n1nnc(-c2ccccc2)c1C(Cl)(Cl)C(Cl)(Cl)Cl. The maximum Gasteiger partial charge on any atom is 0.372 e. The fourth-order valence-corrected chi connectivity index (χ4v) is 2.64. The predicted octanol–water partition coefficient (Wildman–Crippen LogP) is 4.05. The van der Waals surface area contributed by atoms with Gasteiger partial charge in [0, 0.05) is 5.56 Å². The molecule has 0 saturated heterocycles. The quantitative estimate of drug-likeness (QED) is 0.562. The molecule has 0 radical (unpaired) electrons. The van der Waals surface area contributed by atoms with Gasteiger partial charge < -0.3 is 0 Å². The average Bonchev–Trinajstić information content (AvgIpc) is 3.24. The summed E-state index contributed by atoms with van der Waals surface area (Å²) in [7, 11) is 0. The highest BCUT2D eigenvalue weighted by Gasteiger charge is 2.52. The Morgan fingerprint density at radius 3 is 2.24 bits per heavy atom. The lowest BCUT2D eigenvalue weighted by atomic mass is 10.1. The molecule has 0 unspecified atom stereocenters. The molecule has 0 aliphatic carbocycles. The van der Waals surface area contributed by atoms with Crippen LogP contribution >= 0.6 is 58.0 Å². The van der Waals surface area contributed by atoms with Gasteiger partial charge in [-0.25, -0.2) is 4.79 Å². The number of alkyl halides is 5. The molecule has 0 fully saturated rings. The Morgan fingerprint density at radius 2 is 1.68 bits per heavy atom. The van der Waals surface area contributed by atoms with Gasteiger partial charge >= 0.3 is 6.03 Å². The largest absolute Gasteiger partial charge is 0.372 e. The van der Waals surface area contributed by atoms with Crippen molar-refractivity contribution in [3.8, 4) is 11.3 Å². The molecule has 0 saturated carbocycles. The van der Waals surface area contributed by atoms with Crippen molar-refractivity contribution < 1.29 is 4.79 Å². The van der Waals surface area contributed by atoms with Gasteiger partial charge in [0.25, 0.3) is 0 Å². The number of rotatable bonds is 2. The molecule has 0 bridgehead atoms. The Bertz CT molecular complexity index is 888. The van der Waals surface area contributed by atoms with E-state index in [1.807, 2.05) is 0 Å². The second kappa shape index (κ2) is 6.74. The Morgan fingerprint density at radius 1 is 1.00 bits per heavy atom. The smallest absolute Gasteiger partial charge is 0.243 e. The van der Waals surface area contributed by atoms with Crippen LogP contribution in [0.15, 0.2) is 42.7 Å². The minimum absolute atomic E-state index is 0.109. The van der Waals surface area contributed by atoms with Crippen LogP contribution < -0.4 is 0 Å². The van der Waals surface area contributed by atoms with E-state index >= 15 is 0 Å². The van der Waals surface area contributed by atoms with E-state index < -0.39 is 14.2 Å². The topological polar surface area (TPSA) is 78.5 Å². The first-order chi connectivity index (χ1) is 11.7. The molecule has 12 heteroatoms. The van der Waals surface area contributed by atoms with E-state index in [1.165, 1.54) is 12.4 Å². The van der Waals surface area contributed by atoms with Crippen molar-refractivity contribution in [2.24, 2.45) is 0 Å². The van der Waals surface area contributed by atoms with Gasteiger partial charge in [-0.1, -0.05) is 98.8 Å². The van der Waals surface area contributed by atoms with Gasteiger partial charge in [-0.3, -0.25) is 0 Å². The molecule has 2 heterocycles. The van der Waals surface area contributed by atoms with Crippen molar-refractivity contribution >= 4 is 64.0 Å². The first-order valence-electron chi connectivity index (χ1n) is 6.60. The van der Waals surface area contributed by atoms with Crippen LogP contribution in [-0.2, 0) is 4.33 Å². The molecule has 0 amide bonds. The summed E-state index contributed by atoms with van der Waals surface area (Å²) in [6, 6.07) is 8.02. The standard InChI is InChI=1S/C13H7Cl5N6O/c14-12(15,13(16,17)18)10-9(8-4-2-1-3-5-8)20-22-24(10)11(25)23-7-6-19-21-23/h1-7H. The summed E-state index contributed by atoms with van der Waals surface area (Å²) in [6.45, 7) is 0. The lowest BCUT2D eigenvalue weighted by Crippen LogP contribution is -2.35. The van der Waals surface area contributed by atoms with E-state index in [2.05, 4.69) is 20.6 Å². The highest BCUT2D eigenvalue weighted by Crippen LogP contribution is 2.54. The maximum atomic E-state index is 12.6. The molecule has 1 aromatic carbocycles. The van der Waals surface area contributed by atoms with E-state index in [0.717, 1.165) is 9.36 Å². The minimum atomic E-state index is -2.18. The predicted molar refractivity (Wildman–Crippen MR) is 95.3 cm³/mol. The minimum Gasteiger partial charge on any atom is -0.243 e. The number of carbonyl (C=O) groups excluding carboxylic acids is 1. The van der Waals surface area contributed by atoms with Crippen molar-refractivity contribution in [1.82, 2.24) is 30.0 Å². The Hall–Kier alpha value is -1.38. The van der Waals surface area contributed by atoms with Crippen LogP contribution in [0.4, 0.5) is 4.79 Å².